The first-order valence-corrected chi connectivity index (χ1v) is 7.81. The maximum absolute atomic E-state index is 5.82. The summed E-state index contributed by atoms with van der Waals surface area (Å²) in [5.74, 6) is 0.956. The van der Waals surface area contributed by atoms with E-state index in [0.29, 0.717) is 10.5 Å². The van der Waals surface area contributed by atoms with Crippen LogP contribution in [0.3, 0.4) is 0 Å². The van der Waals surface area contributed by atoms with Crippen LogP contribution in [0.15, 0.2) is 6.20 Å². The van der Waals surface area contributed by atoms with Gasteiger partial charge in [0.15, 0.2) is 4.47 Å². The summed E-state index contributed by atoms with van der Waals surface area (Å²) < 4.78 is 0.647. The molecular formula is C13H21ClN2S. The quantitative estimate of drug-likeness (QED) is 0.838. The predicted molar refractivity (Wildman–Crippen MR) is 74.6 cm³/mol. The largest absolute Gasteiger partial charge is 0.309 e. The average Bonchev–Trinajstić information content (AvgIpc) is 2.93. The number of halogens is 1. The lowest BCUT2D eigenvalue weighted by molar-refractivity contribution is 0.450. The van der Waals surface area contributed by atoms with Crippen molar-refractivity contribution in [3.63, 3.8) is 0 Å². The van der Waals surface area contributed by atoms with Crippen LogP contribution in [0.2, 0.25) is 4.47 Å². The molecule has 1 aliphatic carbocycles. The Bertz CT molecular complexity index is 340. The van der Waals surface area contributed by atoms with Gasteiger partial charge in [-0.2, -0.15) is 0 Å². The zero-order valence-electron chi connectivity index (χ0n) is 10.4. The summed E-state index contributed by atoms with van der Waals surface area (Å²) in [5.41, 5.74) is 0. The fraction of sp³-hybridized carbons (Fsp3) is 0.769. The molecule has 0 amide bonds. The first-order valence-electron chi connectivity index (χ1n) is 6.61. The second kappa shape index (κ2) is 6.72. The van der Waals surface area contributed by atoms with Crippen molar-refractivity contribution in [1.29, 1.82) is 0 Å². The highest BCUT2D eigenvalue weighted by molar-refractivity contribution is 7.15. The maximum atomic E-state index is 5.82. The molecule has 2 rings (SSSR count). The molecule has 0 aromatic carbocycles. The molecule has 96 valence electrons. The van der Waals surface area contributed by atoms with E-state index in [0.717, 1.165) is 12.5 Å². The van der Waals surface area contributed by atoms with E-state index in [2.05, 4.69) is 17.2 Å². The van der Waals surface area contributed by atoms with E-state index in [1.807, 2.05) is 6.20 Å². The van der Waals surface area contributed by atoms with Crippen molar-refractivity contribution in [2.45, 2.75) is 58.0 Å². The number of hydrogen-bond donors (Lipinski definition) is 1. The summed E-state index contributed by atoms with van der Waals surface area (Å²) in [7, 11) is 0. The number of nitrogens with one attached hydrogen (secondary N) is 1. The fourth-order valence-corrected chi connectivity index (χ4v) is 3.55. The molecule has 0 unspecified atom stereocenters. The number of hydrogen-bond acceptors (Lipinski definition) is 3. The van der Waals surface area contributed by atoms with Crippen molar-refractivity contribution in [3.8, 4) is 0 Å². The Kier molecular flexibility index (Phi) is 5.26. The van der Waals surface area contributed by atoms with E-state index in [-0.39, 0.29) is 0 Å². The normalized spacial score (nSPS) is 24.4. The molecule has 1 saturated carbocycles. The van der Waals surface area contributed by atoms with Crippen molar-refractivity contribution in [1.82, 2.24) is 10.3 Å². The summed E-state index contributed by atoms with van der Waals surface area (Å²) in [5, 5.41) is 3.63. The van der Waals surface area contributed by atoms with Gasteiger partial charge < -0.3 is 5.32 Å². The van der Waals surface area contributed by atoms with E-state index < -0.39 is 0 Å². The van der Waals surface area contributed by atoms with Gasteiger partial charge in [-0.05, 0) is 25.2 Å². The summed E-state index contributed by atoms with van der Waals surface area (Å²) in [4.78, 5) is 5.30. The minimum absolute atomic E-state index is 0.647. The molecule has 1 aromatic rings. The van der Waals surface area contributed by atoms with Gasteiger partial charge in [-0.1, -0.05) is 37.8 Å². The standard InChI is InChI=1S/C13H21ClN2S/c1-2-3-4-10-5-6-11(7-10)15-8-12-9-16-13(14)17-12/h9-11,15H,2-8H2,1H3/t10-,11+/m1/s1. The third-order valence-electron chi connectivity index (χ3n) is 3.60. The SMILES string of the molecule is CCCC[C@@H]1CC[C@H](NCc2cnc(Cl)s2)C1. The van der Waals surface area contributed by atoms with Gasteiger partial charge in [0.1, 0.15) is 0 Å². The Labute approximate surface area is 113 Å². The minimum Gasteiger partial charge on any atom is -0.309 e. The molecule has 0 bridgehead atoms. The van der Waals surface area contributed by atoms with Crippen LogP contribution in [0.5, 0.6) is 0 Å². The first kappa shape index (κ1) is 13.3. The van der Waals surface area contributed by atoms with Crippen LogP contribution in [0.1, 0.15) is 50.3 Å². The van der Waals surface area contributed by atoms with Gasteiger partial charge in [-0.25, -0.2) is 4.98 Å². The number of thiazole rings is 1. The smallest absolute Gasteiger partial charge is 0.183 e. The molecule has 4 heteroatoms. The van der Waals surface area contributed by atoms with Crippen LogP contribution in [0.25, 0.3) is 0 Å². The number of aromatic nitrogens is 1. The molecule has 1 fully saturated rings. The molecule has 0 spiro atoms. The van der Waals surface area contributed by atoms with Gasteiger partial charge >= 0.3 is 0 Å². The molecule has 2 nitrogen and oxygen atoms in total. The fourth-order valence-electron chi connectivity index (χ4n) is 2.63. The van der Waals surface area contributed by atoms with Crippen LogP contribution in [0, 0.1) is 5.92 Å². The van der Waals surface area contributed by atoms with E-state index in [9.17, 15) is 0 Å². The number of unbranched alkanes of at least 4 members (excludes halogenated alkanes) is 1. The monoisotopic (exact) mass is 272 g/mol. The van der Waals surface area contributed by atoms with Crippen molar-refractivity contribution in [2.24, 2.45) is 5.92 Å². The average molecular weight is 273 g/mol. The van der Waals surface area contributed by atoms with Gasteiger partial charge in [-0.15, -0.1) is 11.3 Å². The molecule has 0 saturated heterocycles. The Balaban J connectivity index is 1.67. The van der Waals surface area contributed by atoms with Gasteiger partial charge in [0.25, 0.3) is 0 Å². The third-order valence-corrected chi connectivity index (χ3v) is 4.71. The van der Waals surface area contributed by atoms with Gasteiger partial charge in [-0.3, -0.25) is 0 Å². The molecule has 1 N–H and O–H groups in total. The van der Waals surface area contributed by atoms with Crippen LogP contribution in [-0.2, 0) is 6.54 Å². The summed E-state index contributed by atoms with van der Waals surface area (Å²) in [6.45, 7) is 3.20. The maximum Gasteiger partial charge on any atom is 0.183 e. The highest BCUT2D eigenvalue weighted by atomic mass is 35.5. The van der Waals surface area contributed by atoms with E-state index >= 15 is 0 Å². The second-order valence-corrected chi connectivity index (χ2v) is 6.68. The number of rotatable bonds is 6. The highest BCUT2D eigenvalue weighted by Crippen LogP contribution is 2.30. The first-order chi connectivity index (χ1) is 8.28. The van der Waals surface area contributed by atoms with Crippen LogP contribution < -0.4 is 5.32 Å². The van der Waals surface area contributed by atoms with E-state index in [1.54, 1.807) is 11.3 Å². The lowest BCUT2D eigenvalue weighted by Crippen LogP contribution is -2.25. The summed E-state index contributed by atoms with van der Waals surface area (Å²) in [6, 6.07) is 0.706. The summed E-state index contributed by atoms with van der Waals surface area (Å²) in [6.07, 6.45) is 10.1. The molecule has 2 atom stereocenters. The van der Waals surface area contributed by atoms with Crippen molar-refractivity contribution < 1.29 is 0 Å². The highest BCUT2D eigenvalue weighted by Gasteiger charge is 2.23. The van der Waals surface area contributed by atoms with Gasteiger partial charge in [0.05, 0.1) is 0 Å². The van der Waals surface area contributed by atoms with Gasteiger partial charge in [0.2, 0.25) is 0 Å². The Morgan fingerprint density at radius 1 is 1.53 bits per heavy atom. The molecule has 1 aromatic heterocycles. The van der Waals surface area contributed by atoms with Crippen molar-refractivity contribution in [3.05, 3.63) is 15.5 Å². The molecule has 1 heterocycles. The minimum atomic E-state index is 0.647. The molecule has 0 radical (unpaired) electrons. The van der Waals surface area contributed by atoms with Crippen molar-refractivity contribution >= 4 is 22.9 Å². The van der Waals surface area contributed by atoms with Crippen LogP contribution in [-0.4, -0.2) is 11.0 Å². The zero-order valence-corrected chi connectivity index (χ0v) is 12.0. The van der Waals surface area contributed by atoms with Crippen LogP contribution >= 0.6 is 22.9 Å². The zero-order chi connectivity index (χ0) is 12.1. The van der Waals surface area contributed by atoms with Crippen molar-refractivity contribution in [2.75, 3.05) is 0 Å². The Hall–Kier alpha value is -0.120. The lowest BCUT2D eigenvalue weighted by atomic mass is 10.0. The third kappa shape index (κ3) is 4.23. The van der Waals surface area contributed by atoms with E-state index in [1.165, 1.54) is 43.4 Å². The molecule has 1 aliphatic rings. The Morgan fingerprint density at radius 3 is 3.12 bits per heavy atom. The summed E-state index contributed by atoms with van der Waals surface area (Å²) >= 11 is 7.39. The van der Waals surface area contributed by atoms with Gasteiger partial charge in [0, 0.05) is 23.7 Å². The molecule has 17 heavy (non-hydrogen) atoms. The Morgan fingerprint density at radius 2 is 2.41 bits per heavy atom. The van der Waals surface area contributed by atoms with Crippen LogP contribution in [0.4, 0.5) is 0 Å². The second-order valence-electron chi connectivity index (χ2n) is 4.98. The topological polar surface area (TPSA) is 24.9 Å². The number of nitrogens with zero attached hydrogens (tertiary/aromatic N) is 1. The predicted octanol–water partition coefficient (Wildman–Crippen LogP) is 4.25. The molecular weight excluding hydrogens is 252 g/mol. The molecule has 0 aliphatic heterocycles. The van der Waals surface area contributed by atoms with E-state index in [4.69, 9.17) is 11.6 Å². The lowest BCUT2D eigenvalue weighted by Gasteiger charge is -2.12.